The third-order valence-electron chi connectivity index (χ3n) is 3.61. The highest BCUT2D eigenvalue weighted by atomic mass is 32.2. The monoisotopic (exact) mass is 357 g/mol. The topological polar surface area (TPSA) is 66.6 Å². The summed E-state index contributed by atoms with van der Waals surface area (Å²) in [5.41, 5.74) is 7.19. The number of amides is 3. The number of urea groups is 1. The Balaban J connectivity index is 2.54. The van der Waals surface area contributed by atoms with Gasteiger partial charge in [-0.3, -0.25) is 14.6 Å². The van der Waals surface area contributed by atoms with Crippen LogP contribution in [-0.2, 0) is 0 Å². The molecule has 0 aliphatic heterocycles. The number of rotatable bonds is 3. The normalized spacial score (nSPS) is 11.0. The van der Waals surface area contributed by atoms with Crippen molar-refractivity contribution in [3.05, 3.63) is 54.6 Å². The Morgan fingerprint density at radius 2 is 1.48 bits per heavy atom. The van der Waals surface area contributed by atoms with Gasteiger partial charge in [-0.15, -0.1) is 0 Å². The van der Waals surface area contributed by atoms with Gasteiger partial charge in [0.05, 0.1) is 5.69 Å². The zero-order chi connectivity index (χ0) is 18.6. The van der Waals surface area contributed by atoms with Crippen molar-refractivity contribution in [3.8, 4) is 0 Å². The fourth-order valence-electron chi connectivity index (χ4n) is 2.64. The maximum atomic E-state index is 12.5. The molecule has 0 spiro atoms. The zero-order valence-corrected chi connectivity index (χ0v) is 15.7. The van der Waals surface area contributed by atoms with E-state index in [1.54, 1.807) is 17.2 Å². The van der Waals surface area contributed by atoms with Crippen LogP contribution in [0.1, 0.15) is 20.8 Å². The Labute approximate surface area is 152 Å². The molecule has 25 heavy (non-hydrogen) atoms. The van der Waals surface area contributed by atoms with E-state index < -0.39 is 11.6 Å². The highest BCUT2D eigenvalue weighted by Crippen LogP contribution is 2.33. The molecular weight excluding hydrogens is 334 g/mol. The molecule has 2 aromatic carbocycles. The second kappa shape index (κ2) is 7.61. The van der Waals surface area contributed by atoms with Gasteiger partial charge in [0.1, 0.15) is 0 Å². The summed E-state index contributed by atoms with van der Waals surface area (Å²) in [6.45, 7) is 5.73. The summed E-state index contributed by atoms with van der Waals surface area (Å²) in [7, 11) is 0. The minimum Gasteiger partial charge on any atom is -0.351 e. The van der Waals surface area contributed by atoms with Crippen molar-refractivity contribution in [1.82, 2.24) is 0 Å². The van der Waals surface area contributed by atoms with Crippen molar-refractivity contribution in [2.24, 2.45) is 5.73 Å². The standard InChI is InChI=1S/C19H23N3O2S/c1-19(2,3)22(17(20)23)16-12-8-11-15(13-16)21(18(24)25-4)14-9-6-5-7-10-14/h5-13H,1-4H3,(H2,20,23). The fourth-order valence-corrected chi connectivity index (χ4v) is 3.04. The summed E-state index contributed by atoms with van der Waals surface area (Å²) in [6.07, 6.45) is 1.74. The van der Waals surface area contributed by atoms with E-state index in [0.717, 1.165) is 17.4 Å². The van der Waals surface area contributed by atoms with Crippen LogP contribution in [0.5, 0.6) is 0 Å². The molecule has 0 fully saturated rings. The van der Waals surface area contributed by atoms with Crippen LogP contribution in [0.4, 0.5) is 26.7 Å². The van der Waals surface area contributed by atoms with E-state index in [-0.39, 0.29) is 5.24 Å². The van der Waals surface area contributed by atoms with Crippen LogP contribution in [0.2, 0.25) is 0 Å². The van der Waals surface area contributed by atoms with E-state index >= 15 is 0 Å². The van der Waals surface area contributed by atoms with Crippen molar-refractivity contribution in [3.63, 3.8) is 0 Å². The summed E-state index contributed by atoms with van der Waals surface area (Å²) in [4.78, 5) is 27.6. The average Bonchev–Trinajstić information content (AvgIpc) is 2.54. The Bertz CT molecular complexity index is 757. The zero-order valence-electron chi connectivity index (χ0n) is 14.9. The van der Waals surface area contributed by atoms with Crippen LogP contribution in [0.15, 0.2) is 54.6 Å². The lowest BCUT2D eigenvalue weighted by Crippen LogP contribution is -2.48. The van der Waals surface area contributed by atoms with Crippen LogP contribution < -0.4 is 15.5 Å². The second-order valence-corrected chi connectivity index (χ2v) is 7.26. The van der Waals surface area contributed by atoms with Gasteiger partial charge in [-0.1, -0.05) is 36.0 Å². The number of primary amides is 1. The van der Waals surface area contributed by atoms with Crippen LogP contribution in [0.25, 0.3) is 0 Å². The maximum absolute atomic E-state index is 12.5. The van der Waals surface area contributed by atoms with Crippen molar-refractivity contribution < 1.29 is 9.59 Å². The molecule has 5 nitrogen and oxygen atoms in total. The summed E-state index contributed by atoms with van der Waals surface area (Å²) in [5.74, 6) is 0. The quantitative estimate of drug-likeness (QED) is 0.841. The molecule has 0 unspecified atom stereocenters. The Kier molecular flexibility index (Phi) is 5.74. The van der Waals surface area contributed by atoms with Gasteiger partial charge in [0.2, 0.25) is 0 Å². The van der Waals surface area contributed by atoms with Crippen molar-refractivity contribution >= 4 is 40.1 Å². The molecule has 3 amide bonds. The molecule has 0 aliphatic carbocycles. The van der Waals surface area contributed by atoms with E-state index in [1.807, 2.05) is 69.3 Å². The SMILES string of the molecule is CSC(=O)N(c1ccccc1)c1cccc(N(C(N)=O)C(C)(C)C)c1. The van der Waals surface area contributed by atoms with E-state index in [4.69, 9.17) is 5.73 Å². The van der Waals surface area contributed by atoms with Gasteiger partial charge in [-0.25, -0.2) is 4.79 Å². The molecule has 132 valence electrons. The van der Waals surface area contributed by atoms with E-state index in [1.165, 1.54) is 4.90 Å². The molecular formula is C19H23N3O2S. The number of hydrogen-bond acceptors (Lipinski definition) is 3. The van der Waals surface area contributed by atoms with Crippen LogP contribution in [-0.4, -0.2) is 23.1 Å². The van der Waals surface area contributed by atoms with Gasteiger partial charge in [-0.05, 0) is 57.4 Å². The van der Waals surface area contributed by atoms with Gasteiger partial charge in [0.15, 0.2) is 0 Å². The third-order valence-corrected chi connectivity index (χ3v) is 4.14. The minimum atomic E-state index is -0.535. The molecule has 2 aromatic rings. The Morgan fingerprint density at radius 3 is 2.00 bits per heavy atom. The summed E-state index contributed by atoms with van der Waals surface area (Å²) in [6, 6.07) is 16.1. The van der Waals surface area contributed by atoms with Crippen LogP contribution in [0, 0.1) is 0 Å². The lowest BCUT2D eigenvalue weighted by molar-refractivity contribution is 0.249. The number of nitrogens with two attached hydrogens (primary N) is 1. The molecule has 0 atom stereocenters. The molecule has 0 heterocycles. The second-order valence-electron chi connectivity index (χ2n) is 6.51. The summed E-state index contributed by atoms with van der Waals surface area (Å²) >= 11 is 1.13. The number of hydrogen-bond donors (Lipinski definition) is 1. The van der Waals surface area contributed by atoms with Gasteiger partial charge in [0.25, 0.3) is 5.24 Å². The van der Waals surface area contributed by atoms with Gasteiger partial charge >= 0.3 is 6.03 Å². The van der Waals surface area contributed by atoms with Gasteiger partial charge in [-0.2, -0.15) is 0 Å². The molecule has 0 radical (unpaired) electrons. The number of benzene rings is 2. The summed E-state index contributed by atoms with van der Waals surface area (Å²) in [5, 5.41) is -0.107. The fraction of sp³-hybridized carbons (Fsp3) is 0.263. The largest absolute Gasteiger partial charge is 0.351 e. The van der Waals surface area contributed by atoms with Crippen LogP contribution >= 0.6 is 11.8 Å². The molecule has 2 N–H and O–H groups in total. The molecule has 2 rings (SSSR count). The minimum absolute atomic E-state index is 0.107. The first kappa shape index (κ1) is 18.9. The highest BCUT2D eigenvalue weighted by molar-refractivity contribution is 8.13. The number of carbonyl (C=O) groups is 2. The van der Waals surface area contributed by atoms with Crippen molar-refractivity contribution in [2.45, 2.75) is 26.3 Å². The highest BCUT2D eigenvalue weighted by Gasteiger charge is 2.27. The lowest BCUT2D eigenvalue weighted by atomic mass is 10.0. The molecule has 0 saturated carbocycles. The van der Waals surface area contributed by atoms with Crippen molar-refractivity contribution in [2.75, 3.05) is 16.1 Å². The molecule has 6 heteroatoms. The summed E-state index contributed by atoms with van der Waals surface area (Å²) < 4.78 is 0. The number of anilines is 3. The van der Waals surface area contributed by atoms with E-state index in [2.05, 4.69) is 0 Å². The van der Waals surface area contributed by atoms with Crippen LogP contribution in [0.3, 0.4) is 0 Å². The van der Waals surface area contributed by atoms with Gasteiger partial charge < -0.3 is 5.73 Å². The first-order valence-corrected chi connectivity index (χ1v) is 9.11. The molecule has 0 bridgehead atoms. The predicted molar refractivity (Wildman–Crippen MR) is 106 cm³/mol. The Hall–Kier alpha value is -2.47. The number of thioether (sulfide) groups is 1. The lowest BCUT2D eigenvalue weighted by Gasteiger charge is -2.35. The number of nitrogens with zero attached hydrogens (tertiary/aromatic N) is 2. The Morgan fingerprint density at radius 1 is 0.920 bits per heavy atom. The first-order chi connectivity index (χ1) is 11.8. The predicted octanol–water partition coefficient (Wildman–Crippen LogP) is 4.99. The van der Waals surface area contributed by atoms with E-state index in [9.17, 15) is 9.59 Å². The maximum Gasteiger partial charge on any atom is 0.319 e. The molecule has 0 aliphatic rings. The molecule has 0 saturated heterocycles. The third kappa shape index (κ3) is 4.33. The average molecular weight is 357 g/mol. The number of para-hydroxylation sites is 1. The van der Waals surface area contributed by atoms with Gasteiger partial charge in [0, 0.05) is 16.9 Å². The molecule has 0 aromatic heterocycles. The van der Waals surface area contributed by atoms with E-state index in [0.29, 0.717) is 11.4 Å². The number of carbonyl (C=O) groups excluding carboxylic acids is 2. The first-order valence-electron chi connectivity index (χ1n) is 7.88. The van der Waals surface area contributed by atoms with Crippen molar-refractivity contribution in [1.29, 1.82) is 0 Å². The smallest absolute Gasteiger partial charge is 0.319 e.